The Bertz CT molecular complexity index is 1700. The van der Waals surface area contributed by atoms with Crippen LogP contribution in [0.1, 0.15) is 28.4 Å². The van der Waals surface area contributed by atoms with Crippen molar-refractivity contribution in [1.82, 2.24) is 9.78 Å². The molecule has 40 heavy (non-hydrogen) atoms. The second-order valence-corrected chi connectivity index (χ2v) is 9.45. The SMILES string of the molecule is COc1cccc(-c2nn(-c3cccc(C)c3)c(OC(C)=O)c2-c2ccc(NC(=O)c3ccccc3C)cc2)c1. The zero-order chi connectivity index (χ0) is 28.2. The Balaban J connectivity index is 1.63. The first-order valence-corrected chi connectivity index (χ1v) is 12.8. The molecule has 0 spiro atoms. The molecule has 7 heteroatoms. The lowest BCUT2D eigenvalue weighted by Gasteiger charge is -2.11. The van der Waals surface area contributed by atoms with Crippen LogP contribution in [0.25, 0.3) is 28.1 Å². The van der Waals surface area contributed by atoms with Gasteiger partial charge in [0.05, 0.1) is 18.4 Å². The summed E-state index contributed by atoms with van der Waals surface area (Å²) in [4.78, 5) is 25.2. The van der Waals surface area contributed by atoms with E-state index < -0.39 is 5.97 Å². The average molecular weight is 532 g/mol. The zero-order valence-corrected chi connectivity index (χ0v) is 22.8. The number of hydrogen-bond acceptors (Lipinski definition) is 5. The molecule has 0 aliphatic rings. The van der Waals surface area contributed by atoms with Crippen LogP contribution >= 0.6 is 0 Å². The third kappa shape index (κ3) is 5.49. The van der Waals surface area contributed by atoms with Crippen molar-refractivity contribution in [3.63, 3.8) is 0 Å². The molecule has 5 rings (SSSR count). The Morgan fingerprint density at radius 2 is 1.57 bits per heavy atom. The van der Waals surface area contributed by atoms with E-state index >= 15 is 0 Å². The van der Waals surface area contributed by atoms with E-state index in [0.29, 0.717) is 34.1 Å². The van der Waals surface area contributed by atoms with Gasteiger partial charge in [-0.25, -0.2) is 0 Å². The lowest BCUT2D eigenvalue weighted by atomic mass is 10.0. The first-order valence-electron chi connectivity index (χ1n) is 12.8. The van der Waals surface area contributed by atoms with E-state index in [2.05, 4.69) is 5.32 Å². The predicted octanol–water partition coefficient (Wildman–Crippen LogP) is 7.01. The molecule has 7 nitrogen and oxygen atoms in total. The van der Waals surface area contributed by atoms with Crippen molar-refractivity contribution in [3.8, 4) is 39.7 Å². The molecule has 0 fully saturated rings. The number of aromatic nitrogens is 2. The molecular weight excluding hydrogens is 502 g/mol. The highest BCUT2D eigenvalue weighted by Gasteiger charge is 2.25. The van der Waals surface area contributed by atoms with E-state index in [0.717, 1.165) is 27.9 Å². The Morgan fingerprint density at radius 1 is 0.825 bits per heavy atom. The summed E-state index contributed by atoms with van der Waals surface area (Å²) in [6, 6.07) is 30.2. The van der Waals surface area contributed by atoms with Gasteiger partial charge in [-0.3, -0.25) is 9.59 Å². The maximum atomic E-state index is 12.9. The highest BCUT2D eigenvalue weighted by molar-refractivity contribution is 6.05. The maximum Gasteiger partial charge on any atom is 0.309 e. The molecule has 0 aliphatic heterocycles. The number of nitrogens with one attached hydrogen (secondary N) is 1. The molecule has 0 radical (unpaired) electrons. The smallest absolute Gasteiger partial charge is 0.309 e. The third-order valence-corrected chi connectivity index (χ3v) is 6.49. The van der Waals surface area contributed by atoms with Crippen LogP contribution in [-0.4, -0.2) is 28.8 Å². The van der Waals surface area contributed by atoms with Gasteiger partial charge < -0.3 is 14.8 Å². The van der Waals surface area contributed by atoms with Crippen molar-refractivity contribution in [2.24, 2.45) is 0 Å². The number of carbonyl (C=O) groups excluding carboxylic acids is 2. The summed E-state index contributed by atoms with van der Waals surface area (Å²) in [5.74, 6) is 0.328. The largest absolute Gasteiger partial charge is 0.497 e. The van der Waals surface area contributed by atoms with Crippen molar-refractivity contribution < 1.29 is 19.1 Å². The van der Waals surface area contributed by atoms with E-state index in [1.165, 1.54) is 6.92 Å². The molecule has 1 heterocycles. The molecule has 1 amide bonds. The number of amides is 1. The number of nitrogens with zero attached hydrogens (tertiary/aromatic N) is 2. The fourth-order valence-electron chi connectivity index (χ4n) is 4.55. The first-order chi connectivity index (χ1) is 19.3. The maximum absolute atomic E-state index is 12.9. The minimum atomic E-state index is -0.464. The van der Waals surface area contributed by atoms with Gasteiger partial charge in [0.2, 0.25) is 5.88 Å². The molecule has 0 saturated carbocycles. The lowest BCUT2D eigenvalue weighted by Crippen LogP contribution is -2.13. The summed E-state index contributed by atoms with van der Waals surface area (Å²) in [5.41, 5.74) is 6.77. The average Bonchev–Trinajstić information content (AvgIpc) is 3.32. The van der Waals surface area contributed by atoms with Gasteiger partial charge in [-0.1, -0.05) is 54.6 Å². The van der Waals surface area contributed by atoms with E-state index in [-0.39, 0.29) is 5.91 Å². The van der Waals surface area contributed by atoms with Crippen molar-refractivity contribution in [1.29, 1.82) is 0 Å². The van der Waals surface area contributed by atoms with E-state index in [1.807, 2.05) is 105 Å². The number of ether oxygens (including phenoxy) is 2. The Hall–Kier alpha value is -5.17. The summed E-state index contributed by atoms with van der Waals surface area (Å²) < 4.78 is 12.9. The zero-order valence-electron chi connectivity index (χ0n) is 22.8. The highest BCUT2D eigenvalue weighted by Crippen LogP contribution is 2.42. The Kier molecular flexibility index (Phi) is 7.46. The monoisotopic (exact) mass is 531 g/mol. The van der Waals surface area contributed by atoms with Gasteiger partial charge in [0, 0.05) is 23.7 Å². The fourth-order valence-corrected chi connectivity index (χ4v) is 4.55. The summed E-state index contributed by atoms with van der Waals surface area (Å²) in [6.45, 7) is 5.26. The third-order valence-electron chi connectivity index (χ3n) is 6.49. The predicted molar refractivity (Wildman–Crippen MR) is 156 cm³/mol. The van der Waals surface area contributed by atoms with Crippen LogP contribution in [0.4, 0.5) is 5.69 Å². The minimum absolute atomic E-state index is 0.184. The van der Waals surface area contributed by atoms with Crippen molar-refractivity contribution in [3.05, 3.63) is 114 Å². The number of carbonyl (C=O) groups is 2. The number of aryl methyl sites for hydroxylation is 2. The van der Waals surface area contributed by atoms with Crippen molar-refractivity contribution >= 4 is 17.6 Å². The number of anilines is 1. The molecule has 0 atom stereocenters. The van der Waals surface area contributed by atoms with Crippen LogP contribution in [0.3, 0.4) is 0 Å². The van der Waals surface area contributed by atoms with E-state index in [4.69, 9.17) is 14.6 Å². The normalized spacial score (nSPS) is 10.7. The van der Waals surface area contributed by atoms with Gasteiger partial charge in [0.15, 0.2) is 0 Å². The summed E-state index contributed by atoms with van der Waals surface area (Å²) in [5, 5.41) is 7.89. The molecule has 0 aliphatic carbocycles. The van der Waals surface area contributed by atoms with Gasteiger partial charge in [0.25, 0.3) is 5.91 Å². The topological polar surface area (TPSA) is 82.4 Å². The lowest BCUT2D eigenvalue weighted by molar-refractivity contribution is -0.132. The van der Waals surface area contributed by atoms with Crippen LogP contribution in [0.15, 0.2) is 97.1 Å². The molecule has 1 N–H and O–H groups in total. The molecule has 5 aromatic rings. The molecule has 200 valence electrons. The quantitative estimate of drug-likeness (QED) is 0.229. The van der Waals surface area contributed by atoms with Crippen LogP contribution in [0.2, 0.25) is 0 Å². The number of hydrogen-bond donors (Lipinski definition) is 1. The Morgan fingerprint density at radius 3 is 2.27 bits per heavy atom. The van der Waals surface area contributed by atoms with Gasteiger partial charge in [-0.2, -0.15) is 9.78 Å². The van der Waals surface area contributed by atoms with Gasteiger partial charge in [0.1, 0.15) is 11.4 Å². The van der Waals surface area contributed by atoms with E-state index in [1.54, 1.807) is 17.9 Å². The van der Waals surface area contributed by atoms with Crippen molar-refractivity contribution in [2.45, 2.75) is 20.8 Å². The van der Waals surface area contributed by atoms with E-state index in [9.17, 15) is 9.59 Å². The number of methoxy groups -OCH3 is 1. The number of benzene rings is 4. The van der Waals surface area contributed by atoms with Crippen LogP contribution in [0, 0.1) is 13.8 Å². The number of rotatable bonds is 7. The van der Waals surface area contributed by atoms with Crippen LogP contribution < -0.4 is 14.8 Å². The molecule has 1 aromatic heterocycles. The molecule has 0 unspecified atom stereocenters. The van der Waals surface area contributed by atoms with Crippen LogP contribution in [-0.2, 0) is 4.79 Å². The van der Waals surface area contributed by atoms with Gasteiger partial charge in [-0.05, 0) is 73.0 Å². The summed E-state index contributed by atoms with van der Waals surface area (Å²) >= 11 is 0. The molecule has 0 saturated heterocycles. The Labute approximate surface area is 233 Å². The highest BCUT2D eigenvalue weighted by atomic mass is 16.5. The second-order valence-electron chi connectivity index (χ2n) is 9.45. The fraction of sp³-hybridized carbons (Fsp3) is 0.121. The second kappa shape index (κ2) is 11.3. The first kappa shape index (κ1) is 26.4. The minimum Gasteiger partial charge on any atom is -0.497 e. The molecular formula is C33H29N3O4. The molecule has 0 bridgehead atoms. The van der Waals surface area contributed by atoms with Gasteiger partial charge in [-0.15, -0.1) is 0 Å². The standard InChI is InChI=1S/C33H29N3O4/c1-21-9-7-12-27(19-21)36-33(40-23(3)37)30(31(35-36)25-11-8-13-28(20-25)39-4)24-15-17-26(18-16-24)34-32(38)29-14-6-5-10-22(29)2/h5-20H,1-4H3,(H,34,38). The summed E-state index contributed by atoms with van der Waals surface area (Å²) in [7, 11) is 1.61. The van der Waals surface area contributed by atoms with Crippen molar-refractivity contribution in [2.75, 3.05) is 12.4 Å². The molecule has 4 aromatic carbocycles. The number of esters is 1. The summed E-state index contributed by atoms with van der Waals surface area (Å²) in [6.07, 6.45) is 0. The van der Waals surface area contributed by atoms with Gasteiger partial charge >= 0.3 is 5.97 Å². The van der Waals surface area contributed by atoms with Crippen LogP contribution in [0.5, 0.6) is 11.6 Å².